The Kier molecular flexibility index (Phi) is 3.12. The molecule has 3 atom stereocenters. The van der Waals surface area contributed by atoms with E-state index in [4.69, 9.17) is 5.73 Å². The Hall–Kier alpha value is -0.790. The maximum absolute atomic E-state index is 11.2. The molecule has 0 saturated heterocycles. The van der Waals surface area contributed by atoms with Crippen LogP contribution in [0.5, 0.6) is 0 Å². The van der Waals surface area contributed by atoms with E-state index in [0.29, 0.717) is 17.8 Å². The summed E-state index contributed by atoms with van der Waals surface area (Å²) in [6.45, 7) is 6.26. The molecule has 2 heteroatoms. The first kappa shape index (κ1) is 10.3. The largest absolute Gasteiger partial charge is 0.369 e. The lowest BCUT2D eigenvalue weighted by Crippen LogP contribution is -2.36. The van der Waals surface area contributed by atoms with Crippen molar-refractivity contribution in [2.45, 2.75) is 27.2 Å². The molecule has 0 saturated carbocycles. The average molecular weight is 181 g/mol. The summed E-state index contributed by atoms with van der Waals surface area (Å²) in [5, 5.41) is 0. The van der Waals surface area contributed by atoms with Gasteiger partial charge in [-0.25, -0.2) is 0 Å². The topological polar surface area (TPSA) is 43.1 Å². The van der Waals surface area contributed by atoms with Crippen molar-refractivity contribution in [3.63, 3.8) is 0 Å². The minimum absolute atomic E-state index is 0.0231. The molecule has 13 heavy (non-hydrogen) atoms. The van der Waals surface area contributed by atoms with Crippen LogP contribution in [0.2, 0.25) is 0 Å². The van der Waals surface area contributed by atoms with Crippen LogP contribution in [0.3, 0.4) is 0 Å². The van der Waals surface area contributed by atoms with Crippen molar-refractivity contribution in [1.29, 1.82) is 0 Å². The van der Waals surface area contributed by atoms with Crippen molar-refractivity contribution in [3.8, 4) is 0 Å². The van der Waals surface area contributed by atoms with E-state index in [2.05, 4.69) is 32.9 Å². The van der Waals surface area contributed by atoms with Gasteiger partial charge >= 0.3 is 0 Å². The summed E-state index contributed by atoms with van der Waals surface area (Å²) in [4.78, 5) is 11.2. The van der Waals surface area contributed by atoms with Crippen LogP contribution in [-0.2, 0) is 4.79 Å². The van der Waals surface area contributed by atoms with E-state index in [1.807, 2.05) is 0 Å². The van der Waals surface area contributed by atoms with Crippen LogP contribution in [0.4, 0.5) is 0 Å². The van der Waals surface area contributed by atoms with Crippen LogP contribution in [-0.4, -0.2) is 5.91 Å². The van der Waals surface area contributed by atoms with E-state index in [9.17, 15) is 4.79 Å². The molecule has 1 aliphatic rings. The number of carbonyl (C=O) groups excluding carboxylic acids is 1. The summed E-state index contributed by atoms with van der Waals surface area (Å²) in [7, 11) is 0. The molecule has 0 heterocycles. The third-order valence-electron chi connectivity index (χ3n) is 3.08. The summed E-state index contributed by atoms with van der Waals surface area (Å²) in [6, 6.07) is 0. The molecular formula is C11H19NO. The number of primary amides is 1. The number of allylic oxidation sites excluding steroid dienone is 2. The van der Waals surface area contributed by atoms with Gasteiger partial charge in [0.15, 0.2) is 0 Å². The highest BCUT2D eigenvalue weighted by molar-refractivity contribution is 5.77. The van der Waals surface area contributed by atoms with Crippen LogP contribution in [0, 0.1) is 23.7 Å². The summed E-state index contributed by atoms with van der Waals surface area (Å²) >= 11 is 0. The van der Waals surface area contributed by atoms with Crippen molar-refractivity contribution in [2.75, 3.05) is 0 Å². The Labute approximate surface area is 80.2 Å². The summed E-state index contributed by atoms with van der Waals surface area (Å²) < 4.78 is 0. The first-order valence-electron chi connectivity index (χ1n) is 5.00. The summed E-state index contributed by atoms with van der Waals surface area (Å²) in [5.41, 5.74) is 5.39. The van der Waals surface area contributed by atoms with Gasteiger partial charge in [0, 0.05) is 5.92 Å². The maximum atomic E-state index is 11.2. The standard InChI is InChI=1S/C11H19NO/c1-7(2)10(11(12)13)8(3)9-5-4-6-9/h4-5,7-10H,6H2,1-3H3,(H2,12,13)/t8-,9-,10?/m1/s1. The Morgan fingerprint density at radius 1 is 1.46 bits per heavy atom. The van der Waals surface area contributed by atoms with E-state index in [1.54, 1.807) is 0 Å². The van der Waals surface area contributed by atoms with Crippen molar-refractivity contribution in [1.82, 2.24) is 0 Å². The zero-order valence-corrected chi connectivity index (χ0v) is 8.66. The lowest BCUT2D eigenvalue weighted by atomic mass is 9.72. The SMILES string of the molecule is CC(C)C(C(N)=O)[C@H](C)[C@@H]1C=CC1. The van der Waals surface area contributed by atoms with Gasteiger partial charge in [-0.2, -0.15) is 0 Å². The van der Waals surface area contributed by atoms with Crippen molar-refractivity contribution in [3.05, 3.63) is 12.2 Å². The zero-order chi connectivity index (χ0) is 10.0. The quantitative estimate of drug-likeness (QED) is 0.662. The molecule has 0 spiro atoms. The second-order valence-corrected chi connectivity index (χ2v) is 4.36. The smallest absolute Gasteiger partial charge is 0.221 e. The number of amides is 1. The fourth-order valence-electron chi connectivity index (χ4n) is 2.14. The van der Waals surface area contributed by atoms with Crippen LogP contribution < -0.4 is 5.73 Å². The lowest BCUT2D eigenvalue weighted by Gasteiger charge is -2.32. The van der Waals surface area contributed by atoms with Gasteiger partial charge in [0.25, 0.3) is 0 Å². The second-order valence-electron chi connectivity index (χ2n) is 4.36. The molecule has 1 rings (SSSR count). The first-order chi connectivity index (χ1) is 6.04. The van der Waals surface area contributed by atoms with Gasteiger partial charge in [0.05, 0.1) is 0 Å². The Bertz CT molecular complexity index is 220. The number of hydrogen-bond donors (Lipinski definition) is 1. The van der Waals surface area contributed by atoms with Gasteiger partial charge in [-0.15, -0.1) is 0 Å². The minimum Gasteiger partial charge on any atom is -0.369 e. The van der Waals surface area contributed by atoms with Gasteiger partial charge in [0.1, 0.15) is 0 Å². The number of rotatable bonds is 4. The fraction of sp³-hybridized carbons (Fsp3) is 0.727. The van der Waals surface area contributed by atoms with Crippen molar-refractivity contribution < 1.29 is 4.79 Å². The van der Waals surface area contributed by atoms with E-state index in [0.717, 1.165) is 6.42 Å². The summed E-state index contributed by atoms with van der Waals surface area (Å²) in [5.74, 6) is 1.18. The molecule has 0 bridgehead atoms. The summed E-state index contributed by atoms with van der Waals surface area (Å²) in [6.07, 6.45) is 5.44. The zero-order valence-electron chi connectivity index (χ0n) is 8.66. The highest BCUT2D eigenvalue weighted by atomic mass is 16.1. The van der Waals surface area contributed by atoms with Gasteiger partial charge in [-0.3, -0.25) is 4.79 Å². The van der Waals surface area contributed by atoms with E-state index >= 15 is 0 Å². The molecule has 0 aromatic heterocycles. The predicted molar refractivity (Wildman–Crippen MR) is 53.9 cm³/mol. The van der Waals surface area contributed by atoms with Crippen molar-refractivity contribution >= 4 is 5.91 Å². The number of nitrogens with two attached hydrogens (primary N) is 1. The molecule has 74 valence electrons. The first-order valence-corrected chi connectivity index (χ1v) is 5.00. The highest BCUT2D eigenvalue weighted by Gasteiger charge is 2.31. The fourth-order valence-corrected chi connectivity index (χ4v) is 2.14. The molecular weight excluding hydrogens is 162 g/mol. The van der Waals surface area contributed by atoms with Crippen molar-refractivity contribution in [2.24, 2.45) is 29.4 Å². The molecule has 0 radical (unpaired) electrons. The van der Waals surface area contributed by atoms with E-state index in [-0.39, 0.29) is 11.8 Å². The Morgan fingerprint density at radius 2 is 2.00 bits per heavy atom. The highest BCUT2D eigenvalue weighted by Crippen LogP contribution is 2.34. The maximum Gasteiger partial charge on any atom is 0.221 e. The van der Waals surface area contributed by atoms with E-state index in [1.165, 1.54) is 0 Å². The third-order valence-corrected chi connectivity index (χ3v) is 3.08. The second kappa shape index (κ2) is 3.95. The number of hydrogen-bond acceptors (Lipinski definition) is 1. The molecule has 0 fully saturated rings. The predicted octanol–water partition coefficient (Wildman–Crippen LogP) is 1.96. The van der Waals surface area contributed by atoms with Crippen LogP contribution >= 0.6 is 0 Å². The normalized spacial score (nSPS) is 25.4. The van der Waals surface area contributed by atoms with Crippen LogP contribution in [0.25, 0.3) is 0 Å². The Morgan fingerprint density at radius 3 is 2.23 bits per heavy atom. The average Bonchev–Trinajstić information content (AvgIpc) is 1.79. The van der Waals surface area contributed by atoms with Crippen LogP contribution in [0.1, 0.15) is 27.2 Å². The van der Waals surface area contributed by atoms with Gasteiger partial charge in [-0.1, -0.05) is 32.9 Å². The lowest BCUT2D eigenvalue weighted by molar-refractivity contribution is -0.125. The molecule has 2 N–H and O–H groups in total. The Balaban J connectivity index is 2.63. The van der Waals surface area contributed by atoms with Crippen LogP contribution in [0.15, 0.2) is 12.2 Å². The van der Waals surface area contributed by atoms with Gasteiger partial charge in [0.2, 0.25) is 5.91 Å². The molecule has 0 aromatic carbocycles. The minimum atomic E-state index is -0.150. The van der Waals surface area contributed by atoms with Gasteiger partial charge in [-0.05, 0) is 24.2 Å². The molecule has 0 aliphatic heterocycles. The number of carbonyl (C=O) groups is 1. The molecule has 1 unspecified atom stereocenters. The molecule has 1 amide bonds. The third kappa shape index (κ3) is 2.11. The molecule has 1 aliphatic carbocycles. The van der Waals surface area contributed by atoms with Gasteiger partial charge < -0.3 is 5.73 Å². The molecule has 0 aromatic rings. The molecule has 2 nitrogen and oxygen atoms in total. The van der Waals surface area contributed by atoms with E-state index < -0.39 is 0 Å². The monoisotopic (exact) mass is 181 g/mol.